The summed E-state index contributed by atoms with van der Waals surface area (Å²) in [7, 11) is 0. The molecule has 0 saturated carbocycles. The summed E-state index contributed by atoms with van der Waals surface area (Å²) in [6.07, 6.45) is -1.10. The van der Waals surface area contributed by atoms with Crippen LogP contribution in [0.3, 0.4) is 0 Å². The second-order valence-electron chi connectivity index (χ2n) is 3.16. The lowest BCUT2D eigenvalue weighted by Gasteiger charge is -2.15. The number of esters is 2. The highest BCUT2D eigenvalue weighted by atomic mass is 17.2. The van der Waals surface area contributed by atoms with Crippen molar-refractivity contribution in [3.8, 4) is 0 Å². The summed E-state index contributed by atoms with van der Waals surface area (Å²) >= 11 is 0. The van der Waals surface area contributed by atoms with Gasteiger partial charge in [0.2, 0.25) is 0 Å². The van der Waals surface area contributed by atoms with Crippen LogP contribution in [0.15, 0.2) is 0 Å². The summed E-state index contributed by atoms with van der Waals surface area (Å²) in [6, 6.07) is 0. The summed E-state index contributed by atoms with van der Waals surface area (Å²) in [5.74, 6) is -1.09. The summed E-state index contributed by atoms with van der Waals surface area (Å²) in [5.41, 5.74) is 5.21. The van der Waals surface area contributed by atoms with E-state index in [-0.39, 0.29) is 19.8 Å². The number of nitrogens with two attached hydrogens (primary N) is 1. The highest BCUT2D eigenvalue weighted by molar-refractivity contribution is 5.66. The summed E-state index contributed by atoms with van der Waals surface area (Å²) < 4.78 is 14.4. The van der Waals surface area contributed by atoms with Crippen LogP contribution in [0, 0.1) is 0 Å². The first-order chi connectivity index (χ1) is 8.56. The Morgan fingerprint density at radius 3 is 2.39 bits per heavy atom. The van der Waals surface area contributed by atoms with Gasteiger partial charge in [-0.15, -0.1) is 0 Å². The average Bonchev–Trinajstić information content (AvgIpc) is 2.29. The number of carbonyl (C=O) groups excluding carboxylic acids is 2. The fraction of sp³-hybridized carbons (Fsp3) is 0.800. The second-order valence-corrected chi connectivity index (χ2v) is 3.16. The van der Waals surface area contributed by atoms with Gasteiger partial charge in [-0.05, 0) is 0 Å². The molecule has 0 aliphatic heterocycles. The molecule has 0 aliphatic rings. The standard InChI is InChI=1S/C10H19NO7/c1-8(12)15-7-10(17-9(2)13)18-16-6-5-14-4-3-11/h10H,3-7,11H2,1-2H3. The number of rotatable bonds is 10. The van der Waals surface area contributed by atoms with Gasteiger partial charge in [-0.3, -0.25) is 9.59 Å². The van der Waals surface area contributed by atoms with Crippen LogP contribution in [0.25, 0.3) is 0 Å². The highest BCUT2D eigenvalue weighted by Gasteiger charge is 2.15. The molecule has 0 aromatic rings. The Balaban J connectivity index is 3.71. The molecule has 8 nitrogen and oxygen atoms in total. The Kier molecular flexibility index (Phi) is 10.2. The molecular weight excluding hydrogens is 246 g/mol. The molecule has 8 heteroatoms. The summed E-state index contributed by atoms with van der Waals surface area (Å²) in [4.78, 5) is 30.8. The zero-order chi connectivity index (χ0) is 13.8. The maximum absolute atomic E-state index is 10.7. The van der Waals surface area contributed by atoms with Gasteiger partial charge in [0.1, 0.15) is 6.61 Å². The predicted octanol–water partition coefficient (Wildman–Crippen LogP) is -0.638. The van der Waals surface area contributed by atoms with Gasteiger partial charge >= 0.3 is 11.9 Å². The molecular formula is C10H19NO7. The van der Waals surface area contributed by atoms with Crippen molar-refractivity contribution in [1.29, 1.82) is 0 Å². The van der Waals surface area contributed by atoms with E-state index in [1.807, 2.05) is 0 Å². The molecule has 0 bridgehead atoms. The molecule has 0 fully saturated rings. The zero-order valence-electron chi connectivity index (χ0n) is 10.5. The van der Waals surface area contributed by atoms with E-state index >= 15 is 0 Å². The van der Waals surface area contributed by atoms with Gasteiger partial charge in [-0.1, -0.05) is 0 Å². The number of hydrogen-bond acceptors (Lipinski definition) is 8. The van der Waals surface area contributed by atoms with Crippen molar-refractivity contribution in [3.05, 3.63) is 0 Å². The van der Waals surface area contributed by atoms with Crippen LogP contribution in [-0.4, -0.2) is 51.2 Å². The van der Waals surface area contributed by atoms with Gasteiger partial charge in [-0.25, -0.2) is 4.89 Å². The molecule has 106 valence electrons. The molecule has 18 heavy (non-hydrogen) atoms. The largest absolute Gasteiger partial charge is 0.459 e. The van der Waals surface area contributed by atoms with Crippen LogP contribution < -0.4 is 5.73 Å². The predicted molar refractivity (Wildman–Crippen MR) is 59.1 cm³/mol. The first-order valence-electron chi connectivity index (χ1n) is 5.43. The van der Waals surface area contributed by atoms with E-state index in [0.717, 1.165) is 0 Å². The van der Waals surface area contributed by atoms with E-state index in [0.29, 0.717) is 13.2 Å². The van der Waals surface area contributed by atoms with Crippen LogP contribution in [0.2, 0.25) is 0 Å². The lowest BCUT2D eigenvalue weighted by molar-refractivity contribution is -0.377. The minimum Gasteiger partial charge on any atom is -0.459 e. The zero-order valence-corrected chi connectivity index (χ0v) is 10.5. The highest BCUT2D eigenvalue weighted by Crippen LogP contribution is 1.98. The maximum atomic E-state index is 10.7. The third kappa shape index (κ3) is 11.3. The minimum absolute atomic E-state index is 0.137. The molecule has 0 amide bonds. The topological polar surface area (TPSA) is 106 Å². The number of ether oxygens (including phenoxy) is 3. The Morgan fingerprint density at radius 1 is 1.11 bits per heavy atom. The van der Waals surface area contributed by atoms with Crippen LogP contribution in [-0.2, 0) is 33.6 Å². The smallest absolute Gasteiger partial charge is 0.305 e. The van der Waals surface area contributed by atoms with Crippen LogP contribution in [0.5, 0.6) is 0 Å². The van der Waals surface area contributed by atoms with E-state index in [1.54, 1.807) is 0 Å². The van der Waals surface area contributed by atoms with E-state index in [9.17, 15) is 9.59 Å². The van der Waals surface area contributed by atoms with E-state index in [1.165, 1.54) is 13.8 Å². The first kappa shape index (κ1) is 16.8. The van der Waals surface area contributed by atoms with E-state index < -0.39 is 18.2 Å². The first-order valence-corrected chi connectivity index (χ1v) is 5.43. The molecule has 0 aromatic carbocycles. The van der Waals surface area contributed by atoms with Crippen molar-refractivity contribution in [2.75, 3.05) is 33.0 Å². The monoisotopic (exact) mass is 265 g/mol. The van der Waals surface area contributed by atoms with Crippen LogP contribution in [0.1, 0.15) is 13.8 Å². The van der Waals surface area contributed by atoms with Gasteiger partial charge in [-0.2, -0.15) is 4.89 Å². The third-order valence-corrected chi connectivity index (χ3v) is 1.47. The summed E-state index contributed by atoms with van der Waals surface area (Å²) in [5, 5.41) is 0. The van der Waals surface area contributed by atoms with Gasteiger partial charge in [0.05, 0.1) is 13.2 Å². The fourth-order valence-corrected chi connectivity index (χ4v) is 0.854. The summed E-state index contributed by atoms with van der Waals surface area (Å²) in [6.45, 7) is 3.46. The van der Waals surface area contributed by atoms with Crippen molar-refractivity contribution >= 4 is 11.9 Å². The van der Waals surface area contributed by atoms with Crippen LogP contribution in [0.4, 0.5) is 0 Å². The molecule has 0 aromatic heterocycles. The normalized spacial score (nSPS) is 11.9. The Bertz CT molecular complexity index is 246. The Morgan fingerprint density at radius 2 is 1.83 bits per heavy atom. The van der Waals surface area contributed by atoms with Crippen molar-refractivity contribution in [2.24, 2.45) is 5.73 Å². The van der Waals surface area contributed by atoms with Crippen LogP contribution >= 0.6 is 0 Å². The van der Waals surface area contributed by atoms with Crippen molar-refractivity contribution < 1.29 is 33.6 Å². The molecule has 0 rings (SSSR count). The molecule has 0 radical (unpaired) electrons. The molecule has 1 atom stereocenters. The number of hydrogen-bond donors (Lipinski definition) is 1. The Labute approximate surface area is 105 Å². The van der Waals surface area contributed by atoms with Crippen molar-refractivity contribution in [1.82, 2.24) is 0 Å². The Hall–Kier alpha value is -1.22. The molecule has 2 N–H and O–H groups in total. The molecule has 0 heterocycles. The maximum Gasteiger partial charge on any atom is 0.305 e. The molecule has 1 unspecified atom stereocenters. The number of carbonyl (C=O) groups is 2. The van der Waals surface area contributed by atoms with E-state index in [4.69, 9.17) is 25.0 Å². The SMILES string of the molecule is CC(=O)OCC(OOCCOCCN)OC(C)=O. The fourth-order valence-electron chi connectivity index (χ4n) is 0.854. The third-order valence-electron chi connectivity index (χ3n) is 1.47. The molecule has 0 saturated heterocycles. The van der Waals surface area contributed by atoms with Gasteiger partial charge in [0.25, 0.3) is 6.29 Å². The molecule has 0 aliphatic carbocycles. The lowest BCUT2D eigenvalue weighted by Crippen LogP contribution is -2.27. The quantitative estimate of drug-likeness (QED) is 0.183. The average molecular weight is 265 g/mol. The van der Waals surface area contributed by atoms with Gasteiger partial charge in [0, 0.05) is 20.4 Å². The van der Waals surface area contributed by atoms with Gasteiger partial charge in [0.15, 0.2) is 6.61 Å². The minimum atomic E-state index is -1.10. The van der Waals surface area contributed by atoms with E-state index in [2.05, 4.69) is 4.74 Å². The lowest BCUT2D eigenvalue weighted by atomic mass is 10.6. The second kappa shape index (κ2) is 10.9. The molecule has 0 spiro atoms. The van der Waals surface area contributed by atoms with Crippen molar-refractivity contribution in [3.63, 3.8) is 0 Å². The van der Waals surface area contributed by atoms with Crippen molar-refractivity contribution in [2.45, 2.75) is 20.1 Å². The van der Waals surface area contributed by atoms with Gasteiger partial charge < -0.3 is 19.9 Å².